The SMILES string of the molecule is CC(=O)[C@H]1CC[C@H]2[C@@H]3CCC4CC(O)CC[C@@H]4[C@H]3CC[C@]12C. The van der Waals surface area contributed by atoms with Gasteiger partial charge in [-0.2, -0.15) is 0 Å². The van der Waals surface area contributed by atoms with Crippen molar-refractivity contribution in [1.82, 2.24) is 0 Å². The van der Waals surface area contributed by atoms with Crippen LogP contribution in [0.5, 0.6) is 0 Å². The number of ketones is 1. The van der Waals surface area contributed by atoms with E-state index >= 15 is 0 Å². The molecular formula is C20H32O2. The molecule has 4 saturated carbocycles. The molecular weight excluding hydrogens is 272 g/mol. The van der Waals surface area contributed by atoms with E-state index in [9.17, 15) is 9.90 Å². The Labute approximate surface area is 135 Å². The van der Waals surface area contributed by atoms with Gasteiger partial charge in [0.15, 0.2) is 0 Å². The first-order valence-corrected chi connectivity index (χ1v) is 9.69. The molecule has 2 unspecified atom stereocenters. The summed E-state index contributed by atoms with van der Waals surface area (Å²) in [5, 5.41) is 9.99. The lowest BCUT2D eigenvalue weighted by Crippen LogP contribution is -2.49. The van der Waals surface area contributed by atoms with Crippen molar-refractivity contribution in [1.29, 1.82) is 0 Å². The molecule has 2 nitrogen and oxygen atoms in total. The fourth-order valence-electron chi connectivity index (χ4n) is 7.50. The Morgan fingerprint density at radius 3 is 2.50 bits per heavy atom. The molecule has 22 heavy (non-hydrogen) atoms. The predicted octanol–water partition coefficient (Wildman–Crippen LogP) is 4.21. The van der Waals surface area contributed by atoms with Gasteiger partial charge in [0.1, 0.15) is 5.78 Å². The van der Waals surface area contributed by atoms with Gasteiger partial charge in [0.25, 0.3) is 0 Å². The van der Waals surface area contributed by atoms with Crippen LogP contribution in [-0.4, -0.2) is 17.0 Å². The highest BCUT2D eigenvalue weighted by Gasteiger charge is 2.57. The lowest BCUT2D eigenvalue weighted by atomic mass is 9.49. The molecule has 1 N–H and O–H groups in total. The van der Waals surface area contributed by atoms with E-state index in [0.717, 1.165) is 48.9 Å². The van der Waals surface area contributed by atoms with Gasteiger partial charge in [-0.3, -0.25) is 4.79 Å². The van der Waals surface area contributed by atoms with Crippen molar-refractivity contribution in [3.05, 3.63) is 0 Å². The molecule has 0 aromatic carbocycles. The summed E-state index contributed by atoms with van der Waals surface area (Å²) in [5.41, 5.74) is 0.300. The van der Waals surface area contributed by atoms with Crippen LogP contribution in [0.4, 0.5) is 0 Å². The molecule has 0 bridgehead atoms. The normalized spacial score (nSPS) is 54.2. The molecule has 0 aromatic rings. The topological polar surface area (TPSA) is 37.3 Å². The van der Waals surface area contributed by atoms with Crippen molar-refractivity contribution in [3.63, 3.8) is 0 Å². The highest BCUT2D eigenvalue weighted by molar-refractivity contribution is 5.79. The number of aliphatic hydroxyl groups excluding tert-OH is 1. The summed E-state index contributed by atoms with van der Waals surface area (Å²) >= 11 is 0. The molecule has 0 aromatic heterocycles. The van der Waals surface area contributed by atoms with Crippen molar-refractivity contribution in [3.8, 4) is 0 Å². The van der Waals surface area contributed by atoms with Crippen LogP contribution in [0.25, 0.3) is 0 Å². The number of rotatable bonds is 1. The number of carbonyl (C=O) groups is 1. The van der Waals surface area contributed by atoms with Crippen LogP contribution in [0, 0.1) is 40.9 Å². The molecule has 0 heterocycles. The molecule has 124 valence electrons. The molecule has 0 saturated heterocycles. The number of aliphatic hydroxyl groups is 1. The van der Waals surface area contributed by atoms with E-state index in [2.05, 4.69) is 6.92 Å². The maximum atomic E-state index is 12.1. The number of hydrogen-bond acceptors (Lipinski definition) is 2. The third-order valence-electron chi connectivity index (χ3n) is 8.42. The quantitative estimate of drug-likeness (QED) is 0.788. The largest absolute Gasteiger partial charge is 0.393 e. The Kier molecular flexibility index (Phi) is 3.67. The van der Waals surface area contributed by atoms with Crippen molar-refractivity contribution in [2.24, 2.45) is 40.9 Å². The van der Waals surface area contributed by atoms with Crippen LogP contribution in [0.3, 0.4) is 0 Å². The highest BCUT2D eigenvalue weighted by Crippen LogP contribution is 2.64. The summed E-state index contributed by atoms with van der Waals surface area (Å²) in [5.74, 6) is 5.02. The Morgan fingerprint density at radius 2 is 1.73 bits per heavy atom. The molecule has 4 rings (SSSR count). The Hall–Kier alpha value is -0.370. The summed E-state index contributed by atoms with van der Waals surface area (Å²) in [6.07, 6.45) is 11.1. The van der Waals surface area contributed by atoms with E-state index in [1.54, 1.807) is 0 Å². The summed E-state index contributed by atoms with van der Waals surface area (Å²) < 4.78 is 0. The second kappa shape index (κ2) is 5.33. The fourth-order valence-corrected chi connectivity index (χ4v) is 7.50. The summed E-state index contributed by atoms with van der Waals surface area (Å²) in [4.78, 5) is 12.1. The van der Waals surface area contributed by atoms with Gasteiger partial charge >= 0.3 is 0 Å². The number of hydrogen-bond donors (Lipinski definition) is 1. The van der Waals surface area contributed by atoms with Crippen LogP contribution in [-0.2, 0) is 4.79 Å². The molecule has 0 amide bonds. The van der Waals surface area contributed by atoms with Gasteiger partial charge < -0.3 is 5.11 Å². The number of carbonyl (C=O) groups excluding carboxylic acids is 1. The third kappa shape index (κ3) is 2.12. The number of fused-ring (bicyclic) bond motifs is 5. The van der Waals surface area contributed by atoms with Crippen LogP contribution in [0.1, 0.15) is 71.6 Å². The Balaban J connectivity index is 1.56. The van der Waals surface area contributed by atoms with Crippen molar-refractivity contribution < 1.29 is 9.90 Å². The van der Waals surface area contributed by atoms with Gasteiger partial charge in [0.2, 0.25) is 0 Å². The molecule has 4 fully saturated rings. The summed E-state index contributed by atoms with van der Waals surface area (Å²) in [6, 6.07) is 0. The van der Waals surface area contributed by atoms with E-state index in [4.69, 9.17) is 0 Å². The number of Topliss-reactive ketones (excluding diaryl/α,β-unsaturated/α-hetero) is 1. The van der Waals surface area contributed by atoms with Crippen LogP contribution < -0.4 is 0 Å². The second-order valence-corrected chi connectivity index (χ2v) is 9.19. The van der Waals surface area contributed by atoms with E-state index in [-0.39, 0.29) is 6.10 Å². The highest BCUT2D eigenvalue weighted by atomic mass is 16.3. The van der Waals surface area contributed by atoms with Crippen LogP contribution in [0.15, 0.2) is 0 Å². The van der Waals surface area contributed by atoms with E-state index in [1.165, 1.54) is 38.5 Å². The minimum atomic E-state index is -0.0276. The first-order valence-electron chi connectivity index (χ1n) is 9.69. The molecule has 4 aliphatic rings. The molecule has 8 atom stereocenters. The minimum absolute atomic E-state index is 0.0276. The van der Waals surface area contributed by atoms with Gasteiger partial charge in [0.05, 0.1) is 6.10 Å². The van der Waals surface area contributed by atoms with Crippen LogP contribution in [0.2, 0.25) is 0 Å². The molecule has 0 radical (unpaired) electrons. The maximum Gasteiger partial charge on any atom is 0.133 e. The van der Waals surface area contributed by atoms with Gasteiger partial charge in [-0.15, -0.1) is 0 Å². The smallest absolute Gasteiger partial charge is 0.133 e. The lowest BCUT2D eigenvalue weighted by Gasteiger charge is -2.56. The lowest BCUT2D eigenvalue weighted by molar-refractivity contribution is -0.128. The summed E-state index contributed by atoms with van der Waals surface area (Å²) in [7, 11) is 0. The standard InChI is InChI=1S/C20H32O2/c1-12(21)18-7-8-19-17-5-3-13-11-14(22)4-6-15(13)16(17)9-10-20(18,19)2/h13-19,22H,3-11H2,1-2H3/t13?,14?,15-,16+,17+,18+,19-,20+/m0/s1. The van der Waals surface area contributed by atoms with E-state index in [1.807, 2.05) is 6.92 Å². The maximum absolute atomic E-state index is 12.1. The van der Waals surface area contributed by atoms with Crippen molar-refractivity contribution >= 4 is 5.78 Å². The van der Waals surface area contributed by atoms with E-state index in [0.29, 0.717) is 17.1 Å². The van der Waals surface area contributed by atoms with E-state index < -0.39 is 0 Å². The Morgan fingerprint density at radius 1 is 0.955 bits per heavy atom. The molecule has 2 heteroatoms. The zero-order valence-corrected chi connectivity index (χ0v) is 14.3. The first-order chi connectivity index (χ1) is 10.5. The van der Waals surface area contributed by atoms with Gasteiger partial charge in [-0.25, -0.2) is 0 Å². The average molecular weight is 304 g/mol. The van der Waals surface area contributed by atoms with Crippen molar-refractivity contribution in [2.45, 2.75) is 77.7 Å². The third-order valence-corrected chi connectivity index (χ3v) is 8.42. The second-order valence-electron chi connectivity index (χ2n) is 9.19. The van der Waals surface area contributed by atoms with Crippen molar-refractivity contribution in [2.75, 3.05) is 0 Å². The fraction of sp³-hybridized carbons (Fsp3) is 0.950. The zero-order valence-electron chi connectivity index (χ0n) is 14.3. The van der Waals surface area contributed by atoms with Gasteiger partial charge in [-0.1, -0.05) is 6.92 Å². The minimum Gasteiger partial charge on any atom is -0.393 e. The first kappa shape index (κ1) is 15.2. The van der Waals surface area contributed by atoms with Gasteiger partial charge in [0, 0.05) is 5.92 Å². The average Bonchev–Trinajstić information content (AvgIpc) is 2.84. The zero-order chi connectivity index (χ0) is 15.5. The monoisotopic (exact) mass is 304 g/mol. The molecule has 4 aliphatic carbocycles. The Bertz CT molecular complexity index is 459. The van der Waals surface area contributed by atoms with Gasteiger partial charge in [-0.05, 0) is 99.7 Å². The van der Waals surface area contributed by atoms with Crippen LogP contribution >= 0.6 is 0 Å². The molecule has 0 spiro atoms. The molecule has 0 aliphatic heterocycles. The summed E-state index contributed by atoms with van der Waals surface area (Å²) in [6.45, 7) is 4.26. The predicted molar refractivity (Wildman–Crippen MR) is 87.3 cm³/mol.